The van der Waals surface area contributed by atoms with Gasteiger partial charge in [-0.05, 0) is 0 Å². The van der Waals surface area contributed by atoms with Gasteiger partial charge in [0.1, 0.15) is 19.8 Å². The lowest BCUT2D eigenvalue weighted by atomic mass is 10.1. The van der Waals surface area contributed by atoms with E-state index in [-0.39, 0.29) is 31.9 Å². The number of ketones is 1. The van der Waals surface area contributed by atoms with Crippen molar-refractivity contribution in [3.8, 4) is 0 Å². The maximum atomic E-state index is 11.8. The fourth-order valence-corrected chi connectivity index (χ4v) is 2.71. The topological polar surface area (TPSA) is 174 Å². The van der Waals surface area contributed by atoms with Crippen molar-refractivity contribution in [3.05, 3.63) is 35.9 Å². The first-order chi connectivity index (χ1) is 19.5. The van der Waals surface area contributed by atoms with Crippen LogP contribution in [-0.4, -0.2) is 134 Å². The minimum Gasteiger partial charge on any atom is -0.480 e. The molecule has 0 spiro atoms. The Kier molecular flexibility index (Phi) is 21.9. The van der Waals surface area contributed by atoms with Crippen LogP contribution in [0.4, 0.5) is 0 Å². The van der Waals surface area contributed by atoms with Crippen LogP contribution in [0, 0.1) is 0 Å². The minimum absolute atomic E-state index is 0.0172. The van der Waals surface area contributed by atoms with Gasteiger partial charge in [-0.1, -0.05) is 30.3 Å². The predicted octanol–water partition coefficient (Wildman–Crippen LogP) is -0.270. The molecule has 14 heteroatoms. The quantitative estimate of drug-likeness (QED) is 0.0610. The molecule has 0 bridgehead atoms. The number of carbonyl (C=O) groups is 4. The van der Waals surface area contributed by atoms with E-state index in [2.05, 4.69) is 10.1 Å². The molecular formula is C26H39NO13. The molecule has 0 atom stereocenters. The molecule has 0 aromatic heterocycles. The number of amides is 1. The number of hydrogen-bond donors (Lipinski definition) is 2. The van der Waals surface area contributed by atoms with Crippen LogP contribution in [-0.2, 0) is 52.3 Å². The SMILES string of the molecule is O=C(O)COCC(=O)NCCOCCOCCOCCOCCOCCOCCOC(=O)C(=O)c1ccccc1. The van der Waals surface area contributed by atoms with E-state index in [1.54, 1.807) is 30.3 Å². The van der Waals surface area contributed by atoms with Crippen LogP contribution in [0.25, 0.3) is 0 Å². The lowest BCUT2D eigenvalue weighted by Gasteiger charge is -2.09. The number of benzene rings is 1. The van der Waals surface area contributed by atoms with Crippen LogP contribution >= 0.6 is 0 Å². The zero-order valence-electron chi connectivity index (χ0n) is 22.5. The van der Waals surface area contributed by atoms with E-state index in [0.717, 1.165) is 0 Å². The summed E-state index contributed by atoms with van der Waals surface area (Å²) < 4.78 is 41.6. The second-order valence-electron chi connectivity index (χ2n) is 7.74. The van der Waals surface area contributed by atoms with Crippen molar-refractivity contribution in [2.45, 2.75) is 0 Å². The van der Waals surface area contributed by atoms with Gasteiger partial charge in [-0.2, -0.15) is 0 Å². The minimum atomic E-state index is -1.13. The summed E-state index contributed by atoms with van der Waals surface area (Å²) in [5, 5.41) is 10.9. The Bertz CT molecular complexity index is 822. The number of ether oxygens (including phenoxy) is 8. The molecule has 226 valence electrons. The Morgan fingerprint density at radius 2 is 1.02 bits per heavy atom. The van der Waals surface area contributed by atoms with Crippen LogP contribution in [0.15, 0.2) is 30.3 Å². The van der Waals surface area contributed by atoms with Gasteiger partial charge < -0.3 is 48.3 Å². The van der Waals surface area contributed by atoms with Crippen LogP contribution in [0.3, 0.4) is 0 Å². The second kappa shape index (κ2) is 25.0. The zero-order valence-corrected chi connectivity index (χ0v) is 22.5. The molecule has 0 aliphatic carbocycles. The zero-order chi connectivity index (χ0) is 29.1. The molecule has 0 radical (unpaired) electrons. The molecule has 2 N–H and O–H groups in total. The first-order valence-electron chi connectivity index (χ1n) is 12.8. The summed E-state index contributed by atoms with van der Waals surface area (Å²) in [6.07, 6.45) is 0. The molecule has 1 amide bonds. The first kappa shape index (κ1) is 35.0. The number of rotatable bonds is 27. The summed E-state index contributed by atoms with van der Waals surface area (Å²) >= 11 is 0. The summed E-state index contributed by atoms with van der Waals surface area (Å²) in [7, 11) is 0. The molecule has 0 saturated carbocycles. The number of carboxylic acids is 1. The largest absolute Gasteiger partial charge is 0.480 e. The lowest BCUT2D eigenvalue weighted by Crippen LogP contribution is -2.31. The summed E-state index contributed by atoms with van der Waals surface area (Å²) in [6, 6.07) is 8.20. The summed E-state index contributed by atoms with van der Waals surface area (Å²) in [6.45, 7) is 3.80. The summed E-state index contributed by atoms with van der Waals surface area (Å²) in [5.41, 5.74) is 0.284. The maximum Gasteiger partial charge on any atom is 0.379 e. The van der Waals surface area contributed by atoms with Gasteiger partial charge in [-0.15, -0.1) is 0 Å². The van der Waals surface area contributed by atoms with Crippen molar-refractivity contribution in [2.24, 2.45) is 0 Å². The van der Waals surface area contributed by atoms with Crippen molar-refractivity contribution in [2.75, 3.05) is 106 Å². The third-order valence-electron chi connectivity index (χ3n) is 4.57. The van der Waals surface area contributed by atoms with E-state index in [9.17, 15) is 19.2 Å². The third-order valence-corrected chi connectivity index (χ3v) is 4.57. The average Bonchev–Trinajstić information content (AvgIpc) is 2.95. The van der Waals surface area contributed by atoms with Gasteiger partial charge >= 0.3 is 11.9 Å². The van der Waals surface area contributed by atoms with E-state index in [1.807, 2.05) is 0 Å². The smallest absolute Gasteiger partial charge is 0.379 e. The highest BCUT2D eigenvalue weighted by Gasteiger charge is 2.17. The van der Waals surface area contributed by atoms with Crippen LogP contribution in [0.5, 0.6) is 0 Å². The van der Waals surface area contributed by atoms with Crippen molar-refractivity contribution in [3.63, 3.8) is 0 Å². The normalized spacial score (nSPS) is 10.8. The van der Waals surface area contributed by atoms with Gasteiger partial charge in [0.05, 0.1) is 79.3 Å². The molecule has 40 heavy (non-hydrogen) atoms. The van der Waals surface area contributed by atoms with Crippen molar-refractivity contribution >= 4 is 23.6 Å². The van der Waals surface area contributed by atoms with Crippen LogP contribution in [0.2, 0.25) is 0 Å². The lowest BCUT2D eigenvalue weighted by molar-refractivity contribution is -0.143. The summed E-state index contributed by atoms with van der Waals surface area (Å²) in [5.74, 6) is -3.14. The van der Waals surface area contributed by atoms with Gasteiger partial charge in [0.15, 0.2) is 0 Å². The standard InChI is InChI=1S/C26H39NO13/c28-23(20-39-21-24(29)30)27-6-7-33-8-9-34-10-11-35-12-13-36-14-15-37-16-17-38-18-19-40-26(32)25(31)22-4-2-1-3-5-22/h1-5H,6-21H2,(H,27,28)(H,29,30). The van der Waals surface area contributed by atoms with Crippen molar-refractivity contribution < 1.29 is 62.2 Å². The maximum absolute atomic E-state index is 11.8. The number of Topliss-reactive ketones (excluding diaryl/α,β-unsaturated/α-hetero) is 1. The van der Waals surface area contributed by atoms with Crippen molar-refractivity contribution in [1.82, 2.24) is 5.32 Å². The second-order valence-corrected chi connectivity index (χ2v) is 7.74. The Hall–Kier alpha value is -2.98. The van der Waals surface area contributed by atoms with E-state index in [4.69, 9.17) is 38.3 Å². The molecule has 0 saturated heterocycles. The van der Waals surface area contributed by atoms with E-state index >= 15 is 0 Å². The fourth-order valence-electron chi connectivity index (χ4n) is 2.71. The Labute approximate surface area is 233 Å². The molecule has 0 aliphatic heterocycles. The number of nitrogens with one attached hydrogen (secondary N) is 1. The van der Waals surface area contributed by atoms with Crippen LogP contribution < -0.4 is 5.32 Å². The number of carboxylic acid groups (broad SMARTS) is 1. The molecule has 1 aromatic carbocycles. The highest BCUT2D eigenvalue weighted by Crippen LogP contribution is 2.01. The molecule has 1 aromatic rings. The molecule has 0 aliphatic rings. The van der Waals surface area contributed by atoms with E-state index in [1.165, 1.54) is 0 Å². The highest BCUT2D eigenvalue weighted by atomic mass is 16.6. The molecular weight excluding hydrogens is 534 g/mol. The van der Waals surface area contributed by atoms with E-state index < -0.39 is 30.2 Å². The third kappa shape index (κ3) is 20.9. The molecule has 14 nitrogen and oxygen atoms in total. The fraction of sp³-hybridized carbons (Fsp3) is 0.615. The van der Waals surface area contributed by atoms with Crippen molar-refractivity contribution in [1.29, 1.82) is 0 Å². The monoisotopic (exact) mass is 573 g/mol. The Morgan fingerprint density at radius 3 is 1.50 bits per heavy atom. The molecule has 0 fully saturated rings. The van der Waals surface area contributed by atoms with Gasteiger partial charge in [-0.3, -0.25) is 9.59 Å². The highest BCUT2D eigenvalue weighted by molar-refractivity contribution is 6.40. The molecule has 0 heterocycles. The predicted molar refractivity (Wildman–Crippen MR) is 138 cm³/mol. The van der Waals surface area contributed by atoms with Crippen LogP contribution in [0.1, 0.15) is 10.4 Å². The van der Waals surface area contributed by atoms with E-state index in [0.29, 0.717) is 72.7 Å². The Balaban J connectivity index is 1.73. The van der Waals surface area contributed by atoms with Gasteiger partial charge in [-0.25, -0.2) is 9.59 Å². The molecule has 1 rings (SSSR count). The number of hydrogen-bond acceptors (Lipinski definition) is 12. The summed E-state index contributed by atoms with van der Waals surface area (Å²) in [4.78, 5) is 45.1. The van der Waals surface area contributed by atoms with Gasteiger partial charge in [0.25, 0.3) is 5.78 Å². The number of aliphatic carboxylic acids is 1. The first-order valence-corrected chi connectivity index (χ1v) is 12.8. The molecule has 0 unspecified atom stereocenters. The van der Waals surface area contributed by atoms with Gasteiger partial charge in [0.2, 0.25) is 5.91 Å². The average molecular weight is 574 g/mol. The number of carbonyl (C=O) groups excluding carboxylic acids is 3. The van der Waals surface area contributed by atoms with Gasteiger partial charge in [0, 0.05) is 12.1 Å². The Morgan fingerprint density at radius 1 is 0.575 bits per heavy atom. The number of esters is 1.